The Balaban J connectivity index is 1.87. The Morgan fingerprint density at radius 2 is 2.15 bits per heavy atom. The molecule has 4 atom stereocenters. The Kier molecular flexibility index (Phi) is 5.44. The molecule has 0 aromatic carbocycles. The van der Waals surface area contributed by atoms with Gasteiger partial charge in [0.1, 0.15) is 5.54 Å². The van der Waals surface area contributed by atoms with Gasteiger partial charge in [0.15, 0.2) is 0 Å². The molecular weight excluding hydrogens is 254 g/mol. The second-order valence-electron chi connectivity index (χ2n) is 6.71. The number of carbonyl (C=O) groups is 1. The lowest BCUT2D eigenvalue weighted by molar-refractivity contribution is -0.145. The van der Waals surface area contributed by atoms with Crippen molar-refractivity contribution in [2.24, 2.45) is 5.92 Å². The molecule has 2 aliphatic rings. The molecule has 0 radical (unpaired) electrons. The first-order chi connectivity index (χ1) is 9.55. The van der Waals surface area contributed by atoms with Crippen LogP contribution in [-0.2, 0) is 9.53 Å². The van der Waals surface area contributed by atoms with Gasteiger partial charge in [-0.1, -0.05) is 26.7 Å². The van der Waals surface area contributed by atoms with E-state index < -0.39 is 11.5 Å². The van der Waals surface area contributed by atoms with Crippen LogP contribution in [0.1, 0.15) is 65.2 Å². The molecule has 4 unspecified atom stereocenters. The fourth-order valence-electron chi connectivity index (χ4n) is 3.69. The summed E-state index contributed by atoms with van der Waals surface area (Å²) < 4.78 is 6.20. The van der Waals surface area contributed by atoms with Crippen LogP contribution in [0.4, 0.5) is 0 Å². The first kappa shape index (κ1) is 15.8. The zero-order valence-corrected chi connectivity index (χ0v) is 12.9. The van der Waals surface area contributed by atoms with E-state index in [4.69, 9.17) is 4.74 Å². The number of hydrogen-bond acceptors (Lipinski definition) is 3. The Bertz CT molecular complexity index is 334. The van der Waals surface area contributed by atoms with E-state index in [0.29, 0.717) is 18.9 Å². The van der Waals surface area contributed by atoms with Crippen LogP contribution in [0.3, 0.4) is 0 Å². The fraction of sp³-hybridized carbons (Fsp3) is 0.938. The van der Waals surface area contributed by atoms with Crippen LogP contribution < -0.4 is 5.32 Å². The predicted molar refractivity (Wildman–Crippen MR) is 78.8 cm³/mol. The average Bonchev–Trinajstić information content (AvgIpc) is 2.81. The van der Waals surface area contributed by atoms with Crippen molar-refractivity contribution in [2.75, 3.05) is 6.54 Å². The third-order valence-corrected chi connectivity index (χ3v) is 4.87. The van der Waals surface area contributed by atoms with E-state index >= 15 is 0 Å². The third-order valence-electron chi connectivity index (χ3n) is 4.87. The van der Waals surface area contributed by atoms with Gasteiger partial charge < -0.3 is 15.2 Å². The molecule has 0 heterocycles. The lowest BCUT2D eigenvalue weighted by Crippen LogP contribution is -2.50. The summed E-state index contributed by atoms with van der Waals surface area (Å²) in [7, 11) is 0. The molecule has 2 rings (SSSR count). The van der Waals surface area contributed by atoms with E-state index in [1.165, 1.54) is 12.8 Å². The number of rotatable bonds is 6. The summed E-state index contributed by atoms with van der Waals surface area (Å²) in [5, 5.41) is 12.8. The Labute approximate surface area is 122 Å². The molecule has 2 aliphatic carbocycles. The van der Waals surface area contributed by atoms with Gasteiger partial charge in [0.05, 0.1) is 12.2 Å². The van der Waals surface area contributed by atoms with Gasteiger partial charge in [-0.05, 0) is 44.6 Å². The molecule has 0 spiro atoms. The molecule has 0 aromatic heterocycles. The average molecular weight is 283 g/mol. The number of ether oxygens (including phenoxy) is 1. The highest BCUT2D eigenvalue weighted by molar-refractivity contribution is 5.79. The molecule has 0 bridgehead atoms. The lowest BCUT2D eigenvalue weighted by atomic mass is 9.88. The Morgan fingerprint density at radius 3 is 2.80 bits per heavy atom. The minimum absolute atomic E-state index is 0.116. The molecule has 0 aliphatic heterocycles. The number of aliphatic carboxylic acids is 1. The van der Waals surface area contributed by atoms with Gasteiger partial charge in [0, 0.05) is 6.42 Å². The first-order valence-electron chi connectivity index (χ1n) is 8.19. The number of nitrogens with one attached hydrogen (secondary N) is 1. The minimum atomic E-state index is -0.749. The topological polar surface area (TPSA) is 58.6 Å². The maximum absolute atomic E-state index is 11.6. The molecule has 2 N–H and O–H groups in total. The van der Waals surface area contributed by atoms with Crippen molar-refractivity contribution >= 4 is 5.97 Å². The molecular formula is C16H29NO3. The second kappa shape index (κ2) is 6.90. The van der Waals surface area contributed by atoms with Crippen LogP contribution in [0.2, 0.25) is 0 Å². The van der Waals surface area contributed by atoms with Crippen molar-refractivity contribution in [3.63, 3.8) is 0 Å². The van der Waals surface area contributed by atoms with Gasteiger partial charge in [-0.25, -0.2) is 0 Å². The lowest BCUT2D eigenvalue weighted by Gasteiger charge is -2.30. The van der Waals surface area contributed by atoms with E-state index in [9.17, 15) is 9.90 Å². The summed E-state index contributed by atoms with van der Waals surface area (Å²) in [6.45, 7) is 5.11. The normalized spacial score (nSPS) is 38.0. The summed E-state index contributed by atoms with van der Waals surface area (Å²) in [4.78, 5) is 11.6. The van der Waals surface area contributed by atoms with Crippen LogP contribution in [0.25, 0.3) is 0 Å². The van der Waals surface area contributed by atoms with Crippen molar-refractivity contribution < 1.29 is 14.6 Å². The molecule has 2 fully saturated rings. The highest BCUT2D eigenvalue weighted by Gasteiger charge is 2.46. The van der Waals surface area contributed by atoms with Gasteiger partial charge in [0.25, 0.3) is 0 Å². The number of carboxylic acids is 1. The van der Waals surface area contributed by atoms with Crippen molar-refractivity contribution in [3.8, 4) is 0 Å². The summed E-state index contributed by atoms with van der Waals surface area (Å²) in [5.74, 6) is 0.0339. The zero-order chi connectivity index (χ0) is 14.6. The molecule has 20 heavy (non-hydrogen) atoms. The van der Waals surface area contributed by atoms with Gasteiger partial charge in [-0.3, -0.25) is 4.79 Å². The van der Waals surface area contributed by atoms with Gasteiger partial charge in [-0.15, -0.1) is 0 Å². The van der Waals surface area contributed by atoms with E-state index in [1.54, 1.807) is 0 Å². The molecule has 0 amide bonds. The Hall–Kier alpha value is -0.610. The maximum atomic E-state index is 11.6. The minimum Gasteiger partial charge on any atom is -0.480 e. The van der Waals surface area contributed by atoms with Crippen molar-refractivity contribution in [2.45, 2.75) is 83.0 Å². The Morgan fingerprint density at radius 1 is 1.35 bits per heavy atom. The third kappa shape index (κ3) is 3.73. The molecule has 4 nitrogen and oxygen atoms in total. The second-order valence-corrected chi connectivity index (χ2v) is 6.71. The van der Waals surface area contributed by atoms with Crippen molar-refractivity contribution in [3.05, 3.63) is 0 Å². The predicted octanol–water partition coefficient (Wildman–Crippen LogP) is 2.96. The molecule has 0 saturated heterocycles. The smallest absolute Gasteiger partial charge is 0.323 e. The van der Waals surface area contributed by atoms with Crippen LogP contribution in [0.5, 0.6) is 0 Å². The largest absolute Gasteiger partial charge is 0.480 e. The monoisotopic (exact) mass is 283 g/mol. The van der Waals surface area contributed by atoms with E-state index in [-0.39, 0.29) is 6.10 Å². The van der Waals surface area contributed by atoms with E-state index in [1.807, 2.05) is 0 Å². The van der Waals surface area contributed by atoms with Gasteiger partial charge in [-0.2, -0.15) is 0 Å². The standard InChI is InChI=1S/C16H29NO3/c1-3-9-17-16(15(18)19)8-7-14(11-16)20-13-6-4-5-12(2)10-13/h12-14,17H,3-11H2,1-2H3,(H,18,19). The van der Waals surface area contributed by atoms with Crippen LogP contribution in [0, 0.1) is 5.92 Å². The molecule has 2 saturated carbocycles. The van der Waals surface area contributed by atoms with Crippen LogP contribution in [0.15, 0.2) is 0 Å². The first-order valence-corrected chi connectivity index (χ1v) is 8.19. The summed E-state index contributed by atoms with van der Waals surface area (Å²) >= 11 is 0. The summed E-state index contributed by atoms with van der Waals surface area (Å²) in [5.41, 5.74) is -0.749. The molecule has 4 heteroatoms. The number of hydrogen-bond donors (Lipinski definition) is 2. The van der Waals surface area contributed by atoms with Crippen LogP contribution >= 0.6 is 0 Å². The highest BCUT2D eigenvalue weighted by Crippen LogP contribution is 2.35. The molecule has 116 valence electrons. The summed E-state index contributed by atoms with van der Waals surface area (Å²) in [6, 6.07) is 0. The SMILES string of the molecule is CCCNC1(C(=O)O)CCC(OC2CCCC(C)C2)C1. The summed E-state index contributed by atoms with van der Waals surface area (Å²) in [6.07, 6.45) is 8.43. The maximum Gasteiger partial charge on any atom is 0.323 e. The van der Waals surface area contributed by atoms with Crippen molar-refractivity contribution in [1.82, 2.24) is 5.32 Å². The zero-order valence-electron chi connectivity index (χ0n) is 12.9. The van der Waals surface area contributed by atoms with Crippen molar-refractivity contribution in [1.29, 1.82) is 0 Å². The number of carboxylic acid groups (broad SMARTS) is 1. The highest BCUT2D eigenvalue weighted by atomic mass is 16.5. The van der Waals surface area contributed by atoms with Gasteiger partial charge in [0.2, 0.25) is 0 Å². The van der Waals surface area contributed by atoms with Gasteiger partial charge >= 0.3 is 5.97 Å². The van der Waals surface area contributed by atoms with E-state index in [2.05, 4.69) is 19.2 Å². The molecule has 0 aromatic rings. The van der Waals surface area contributed by atoms with Crippen LogP contribution in [-0.4, -0.2) is 35.4 Å². The van der Waals surface area contributed by atoms with E-state index in [0.717, 1.165) is 38.1 Å². The quantitative estimate of drug-likeness (QED) is 0.787. The fourth-order valence-corrected chi connectivity index (χ4v) is 3.69.